The van der Waals surface area contributed by atoms with Crippen LogP contribution >= 0.6 is 0 Å². The molecule has 8 nitrogen and oxygen atoms in total. The normalized spacial score (nSPS) is 11.1. The summed E-state index contributed by atoms with van der Waals surface area (Å²) in [7, 11) is 0. The van der Waals surface area contributed by atoms with Crippen LogP contribution in [0.4, 0.5) is 0 Å². The van der Waals surface area contributed by atoms with E-state index in [1.807, 2.05) is 0 Å². The number of aliphatic hydroxyl groups is 3. The van der Waals surface area contributed by atoms with Crippen LogP contribution in [0.2, 0.25) is 0 Å². The molecule has 0 aromatic carbocycles. The first kappa shape index (κ1) is 15.0. The van der Waals surface area contributed by atoms with Gasteiger partial charge in [-0.05, 0) is 6.07 Å². The molecule has 1 heterocycles. The van der Waals surface area contributed by atoms with Crippen molar-refractivity contribution in [2.45, 2.75) is 5.54 Å². The number of hydrogen-bond acceptors (Lipinski definition) is 6. The first-order chi connectivity index (χ1) is 8.98. The van der Waals surface area contributed by atoms with E-state index in [-0.39, 0.29) is 11.1 Å². The van der Waals surface area contributed by atoms with Crippen LogP contribution in [-0.4, -0.2) is 57.5 Å². The molecule has 0 radical (unpaired) electrons. The number of nitrogens with zero attached hydrogens (tertiary/aromatic N) is 1. The number of primary amides is 1. The Morgan fingerprint density at radius 3 is 2.16 bits per heavy atom. The Balaban J connectivity index is 2.94. The summed E-state index contributed by atoms with van der Waals surface area (Å²) in [6.07, 6.45) is 2.40. The van der Waals surface area contributed by atoms with E-state index in [0.717, 1.165) is 0 Å². The van der Waals surface area contributed by atoms with Crippen molar-refractivity contribution < 1.29 is 24.9 Å². The molecule has 1 aromatic rings. The maximum atomic E-state index is 11.9. The van der Waals surface area contributed by atoms with Gasteiger partial charge in [-0.2, -0.15) is 0 Å². The van der Waals surface area contributed by atoms with Gasteiger partial charge in [0, 0.05) is 12.4 Å². The van der Waals surface area contributed by atoms with Crippen molar-refractivity contribution in [1.82, 2.24) is 10.3 Å². The Kier molecular flexibility index (Phi) is 4.93. The molecule has 0 unspecified atom stereocenters. The van der Waals surface area contributed by atoms with Crippen molar-refractivity contribution in [3.05, 3.63) is 29.6 Å². The summed E-state index contributed by atoms with van der Waals surface area (Å²) in [5.74, 6) is -1.44. The number of aromatic nitrogens is 1. The van der Waals surface area contributed by atoms with Crippen LogP contribution in [0.15, 0.2) is 18.5 Å². The van der Waals surface area contributed by atoms with Gasteiger partial charge in [-0.15, -0.1) is 0 Å². The van der Waals surface area contributed by atoms with Crippen LogP contribution in [0.5, 0.6) is 0 Å². The molecule has 0 aliphatic carbocycles. The van der Waals surface area contributed by atoms with Crippen molar-refractivity contribution in [3.63, 3.8) is 0 Å². The van der Waals surface area contributed by atoms with Crippen molar-refractivity contribution in [2.24, 2.45) is 5.73 Å². The van der Waals surface area contributed by atoms with Gasteiger partial charge < -0.3 is 26.4 Å². The number of pyridine rings is 1. The van der Waals surface area contributed by atoms with Crippen LogP contribution in [0, 0.1) is 0 Å². The number of rotatable bonds is 6. The van der Waals surface area contributed by atoms with E-state index in [0.29, 0.717) is 0 Å². The van der Waals surface area contributed by atoms with Crippen molar-refractivity contribution in [2.75, 3.05) is 19.8 Å². The van der Waals surface area contributed by atoms with Gasteiger partial charge in [-0.1, -0.05) is 0 Å². The number of nitrogens with two attached hydrogens (primary N) is 1. The van der Waals surface area contributed by atoms with E-state index in [1.165, 1.54) is 18.5 Å². The van der Waals surface area contributed by atoms with E-state index >= 15 is 0 Å². The zero-order valence-corrected chi connectivity index (χ0v) is 10.0. The summed E-state index contributed by atoms with van der Waals surface area (Å²) in [5.41, 5.74) is 3.59. The second-order valence-corrected chi connectivity index (χ2v) is 4.04. The molecule has 0 saturated heterocycles. The average molecular weight is 269 g/mol. The molecule has 0 aliphatic heterocycles. The van der Waals surface area contributed by atoms with Gasteiger partial charge in [-0.25, -0.2) is 0 Å². The Morgan fingerprint density at radius 1 is 1.16 bits per heavy atom. The van der Waals surface area contributed by atoms with Crippen molar-refractivity contribution >= 4 is 11.8 Å². The van der Waals surface area contributed by atoms with E-state index in [4.69, 9.17) is 21.1 Å². The van der Waals surface area contributed by atoms with Crippen molar-refractivity contribution in [1.29, 1.82) is 0 Å². The first-order valence-electron chi connectivity index (χ1n) is 5.38. The van der Waals surface area contributed by atoms with E-state index < -0.39 is 37.2 Å². The number of carbonyl (C=O) groups is 2. The fraction of sp³-hybridized carbons (Fsp3) is 0.364. The first-order valence-corrected chi connectivity index (χ1v) is 5.38. The summed E-state index contributed by atoms with van der Waals surface area (Å²) < 4.78 is 0. The molecule has 8 heteroatoms. The van der Waals surface area contributed by atoms with Crippen LogP contribution in [0.25, 0.3) is 0 Å². The summed E-state index contributed by atoms with van der Waals surface area (Å²) in [6, 6.07) is 1.22. The maximum Gasteiger partial charge on any atom is 0.253 e. The third-order valence-corrected chi connectivity index (χ3v) is 2.57. The van der Waals surface area contributed by atoms with Crippen molar-refractivity contribution in [3.8, 4) is 0 Å². The minimum absolute atomic E-state index is 0.0241. The van der Waals surface area contributed by atoms with Crippen LogP contribution < -0.4 is 11.1 Å². The minimum atomic E-state index is -1.54. The molecule has 1 rings (SSSR count). The largest absolute Gasteiger partial charge is 0.394 e. The van der Waals surface area contributed by atoms with Crippen LogP contribution in [0.1, 0.15) is 20.7 Å². The molecule has 6 N–H and O–H groups in total. The number of nitrogens with one attached hydrogen (secondary N) is 1. The monoisotopic (exact) mass is 269 g/mol. The molecule has 1 aromatic heterocycles. The zero-order chi connectivity index (χ0) is 14.5. The van der Waals surface area contributed by atoms with Gasteiger partial charge in [0.05, 0.1) is 30.9 Å². The Bertz CT molecular complexity index is 465. The fourth-order valence-corrected chi connectivity index (χ4v) is 1.28. The molecular formula is C11H15N3O5. The zero-order valence-electron chi connectivity index (χ0n) is 10.0. The number of carbonyl (C=O) groups excluding carboxylic acids is 2. The van der Waals surface area contributed by atoms with Gasteiger partial charge in [0.15, 0.2) is 0 Å². The Labute approximate surface area is 108 Å². The minimum Gasteiger partial charge on any atom is -0.394 e. The molecule has 0 atom stereocenters. The third-order valence-electron chi connectivity index (χ3n) is 2.57. The standard InChI is InChI=1S/C11H15N3O5/c12-9(18)7-1-8(3-13-2-7)10(19)14-11(4-15,5-16)6-17/h1-3,15-17H,4-6H2,(H2,12,18)(H,14,19). The highest BCUT2D eigenvalue weighted by atomic mass is 16.3. The van der Waals surface area contributed by atoms with Gasteiger partial charge in [0.25, 0.3) is 5.91 Å². The summed E-state index contributed by atoms with van der Waals surface area (Å²) in [4.78, 5) is 26.5. The predicted octanol–water partition coefficient (Wildman–Crippen LogP) is -2.37. The van der Waals surface area contributed by atoms with E-state index in [1.54, 1.807) is 0 Å². The highest BCUT2D eigenvalue weighted by Crippen LogP contribution is 2.07. The number of amides is 2. The molecule has 0 bridgehead atoms. The van der Waals surface area contributed by atoms with Crippen LogP contribution in [-0.2, 0) is 0 Å². The Hall–Kier alpha value is -2.03. The highest BCUT2D eigenvalue weighted by molar-refractivity contribution is 5.98. The number of aliphatic hydroxyl groups excluding tert-OH is 3. The molecule has 0 saturated carbocycles. The van der Waals surface area contributed by atoms with Crippen LogP contribution in [0.3, 0.4) is 0 Å². The van der Waals surface area contributed by atoms with Gasteiger partial charge >= 0.3 is 0 Å². The molecule has 2 amide bonds. The molecule has 0 fully saturated rings. The van der Waals surface area contributed by atoms with Gasteiger partial charge in [0.2, 0.25) is 5.91 Å². The average Bonchev–Trinajstić information content (AvgIpc) is 2.45. The van der Waals surface area contributed by atoms with E-state index in [9.17, 15) is 9.59 Å². The summed E-state index contributed by atoms with van der Waals surface area (Å²) >= 11 is 0. The molecule has 104 valence electrons. The topological polar surface area (TPSA) is 146 Å². The highest BCUT2D eigenvalue weighted by Gasteiger charge is 2.30. The second kappa shape index (κ2) is 6.23. The lowest BCUT2D eigenvalue weighted by Crippen LogP contribution is -2.57. The van der Waals surface area contributed by atoms with Gasteiger partial charge in [0.1, 0.15) is 5.54 Å². The smallest absolute Gasteiger partial charge is 0.253 e. The number of hydrogen-bond donors (Lipinski definition) is 5. The van der Waals surface area contributed by atoms with E-state index in [2.05, 4.69) is 10.3 Å². The maximum absolute atomic E-state index is 11.9. The predicted molar refractivity (Wildman–Crippen MR) is 64.2 cm³/mol. The summed E-state index contributed by atoms with van der Waals surface area (Å²) in [5, 5.41) is 29.6. The SMILES string of the molecule is NC(=O)c1cncc(C(=O)NC(CO)(CO)CO)c1. The Morgan fingerprint density at radius 2 is 1.68 bits per heavy atom. The molecule has 0 spiro atoms. The lowest BCUT2D eigenvalue weighted by atomic mass is 10.0. The molecular weight excluding hydrogens is 254 g/mol. The lowest BCUT2D eigenvalue weighted by Gasteiger charge is -2.28. The molecule has 19 heavy (non-hydrogen) atoms. The third kappa shape index (κ3) is 3.47. The molecule has 0 aliphatic rings. The van der Waals surface area contributed by atoms with Gasteiger partial charge in [-0.3, -0.25) is 14.6 Å². The second-order valence-electron chi connectivity index (χ2n) is 4.04. The fourth-order valence-electron chi connectivity index (χ4n) is 1.28. The lowest BCUT2D eigenvalue weighted by molar-refractivity contribution is 0.0375. The quantitative estimate of drug-likeness (QED) is 0.390. The summed E-state index contributed by atoms with van der Waals surface area (Å²) in [6.45, 7) is -1.93.